The van der Waals surface area contributed by atoms with Gasteiger partial charge in [0.15, 0.2) is 6.10 Å². The van der Waals surface area contributed by atoms with Gasteiger partial charge in [-0.1, -0.05) is 23.2 Å². The van der Waals surface area contributed by atoms with Gasteiger partial charge in [-0.2, -0.15) is 0 Å². The van der Waals surface area contributed by atoms with Gasteiger partial charge in [0.25, 0.3) is 5.91 Å². The van der Waals surface area contributed by atoms with E-state index in [1.54, 1.807) is 37.3 Å². The van der Waals surface area contributed by atoms with Crippen LogP contribution in [-0.2, 0) is 9.53 Å². The molecule has 1 aliphatic heterocycles. The van der Waals surface area contributed by atoms with E-state index in [2.05, 4.69) is 5.32 Å². The first-order chi connectivity index (χ1) is 13.0. The standard InChI is InChI=1S/C20H21Cl2NO4/c1-13(27-19-9-4-14(21)11-18(19)22)20(24)23-15-5-7-16(8-6-15)26-12-17-3-2-10-25-17/h4-9,11,13,17H,2-3,10,12H2,1H3,(H,23,24)/t13-,17-/m1/s1. The molecule has 3 rings (SSSR count). The van der Waals surface area contributed by atoms with Crippen LogP contribution >= 0.6 is 23.2 Å². The summed E-state index contributed by atoms with van der Waals surface area (Å²) in [5.74, 6) is 0.858. The zero-order valence-corrected chi connectivity index (χ0v) is 16.4. The largest absolute Gasteiger partial charge is 0.491 e. The SMILES string of the molecule is C[C@@H](Oc1ccc(Cl)cc1Cl)C(=O)Nc1ccc(OC[C@H]2CCCO2)cc1. The molecular formula is C20H21Cl2NO4. The molecule has 2 aromatic rings. The van der Waals surface area contributed by atoms with Gasteiger partial charge in [-0.3, -0.25) is 4.79 Å². The normalized spacial score (nSPS) is 17.4. The second kappa shape index (κ2) is 9.31. The molecule has 1 heterocycles. The van der Waals surface area contributed by atoms with Gasteiger partial charge < -0.3 is 19.5 Å². The number of nitrogens with one attached hydrogen (secondary N) is 1. The highest BCUT2D eigenvalue weighted by atomic mass is 35.5. The first-order valence-electron chi connectivity index (χ1n) is 8.78. The minimum absolute atomic E-state index is 0.169. The van der Waals surface area contributed by atoms with E-state index >= 15 is 0 Å². The Morgan fingerprint density at radius 1 is 1.26 bits per heavy atom. The lowest BCUT2D eigenvalue weighted by atomic mass is 10.2. The van der Waals surface area contributed by atoms with Gasteiger partial charge in [0, 0.05) is 17.3 Å². The van der Waals surface area contributed by atoms with E-state index in [-0.39, 0.29) is 12.0 Å². The second-order valence-corrected chi connectivity index (χ2v) is 7.14. The third-order valence-corrected chi connectivity index (χ3v) is 4.68. The van der Waals surface area contributed by atoms with Crippen LogP contribution in [0.3, 0.4) is 0 Å². The van der Waals surface area contributed by atoms with Crippen molar-refractivity contribution in [2.24, 2.45) is 0 Å². The molecule has 0 radical (unpaired) electrons. The molecule has 0 saturated carbocycles. The highest BCUT2D eigenvalue weighted by Gasteiger charge is 2.17. The molecule has 0 spiro atoms. The molecule has 2 atom stereocenters. The van der Waals surface area contributed by atoms with E-state index in [9.17, 15) is 4.79 Å². The molecule has 5 nitrogen and oxygen atoms in total. The molecule has 0 aliphatic carbocycles. The Hall–Kier alpha value is -1.95. The first-order valence-corrected chi connectivity index (χ1v) is 9.54. The number of ether oxygens (including phenoxy) is 3. The quantitative estimate of drug-likeness (QED) is 0.701. The van der Waals surface area contributed by atoms with Crippen LogP contribution in [0.15, 0.2) is 42.5 Å². The van der Waals surface area contributed by atoms with Crippen LogP contribution in [0.5, 0.6) is 11.5 Å². The molecule has 1 fully saturated rings. The Morgan fingerprint density at radius 3 is 2.70 bits per heavy atom. The molecule has 1 N–H and O–H groups in total. The summed E-state index contributed by atoms with van der Waals surface area (Å²) < 4.78 is 16.9. The first kappa shape index (κ1) is 19.8. The van der Waals surface area contributed by atoms with Gasteiger partial charge in [0.05, 0.1) is 11.1 Å². The molecule has 7 heteroatoms. The summed E-state index contributed by atoms with van der Waals surface area (Å²) in [5, 5.41) is 3.67. The van der Waals surface area contributed by atoms with Crippen molar-refractivity contribution in [2.75, 3.05) is 18.5 Å². The van der Waals surface area contributed by atoms with Crippen LogP contribution in [-0.4, -0.2) is 31.3 Å². The molecule has 0 bridgehead atoms. The van der Waals surface area contributed by atoms with Crippen LogP contribution in [0.2, 0.25) is 10.0 Å². The summed E-state index contributed by atoms with van der Waals surface area (Å²) in [5.41, 5.74) is 0.655. The Kier molecular flexibility index (Phi) is 6.83. The number of hydrogen-bond acceptors (Lipinski definition) is 4. The summed E-state index contributed by atoms with van der Waals surface area (Å²) in [6, 6.07) is 12.0. The maximum absolute atomic E-state index is 12.3. The summed E-state index contributed by atoms with van der Waals surface area (Å²) in [4.78, 5) is 12.3. The van der Waals surface area contributed by atoms with Gasteiger partial charge in [0.1, 0.15) is 18.1 Å². The average molecular weight is 410 g/mol. The van der Waals surface area contributed by atoms with Crippen LogP contribution < -0.4 is 14.8 Å². The summed E-state index contributed by atoms with van der Waals surface area (Å²) in [6.45, 7) is 3.00. The minimum Gasteiger partial charge on any atom is -0.491 e. The van der Waals surface area contributed by atoms with Crippen LogP contribution in [0, 0.1) is 0 Å². The predicted molar refractivity (Wildman–Crippen MR) is 106 cm³/mol. The number of carbonyl (C=O) groups excluding carboxylic acids is 1. The summed E-state index contributed by atoms with van der Waals surface area (Å²) in [7, 11) is 0. The Labute approximate surface area is 168 Å². The lowest BCUT2D eigenvalue weighted by molar-refractivity contribution is -0.122. The number of benzene rings is 2. The Balaban J connectivity index is 1.50. The highest BCUT2D eigenvalue weighted by molar-refractivity contribution is 6.35. The van der Waals surface area contributed by atoms with Gasteiger partial charge >= 0.3 is 0 Å². The van der Waals surface area contributed by atoms with Crippen molar-refractivity contribution in [2.45, 2.75) is 32.0 Å². The van der Waals surface area contributed by atoms with E-state index in [4.69, 9.17) is 37.4 Å². The Morgan fingerprint density at radius 2 is 2.04 bits per heavy atom. The fraction of sp³-hybridized carbons (Fsp3) is 0.350. The van der Waals surface area contributed by atoms with Crippen LogP contribution in [0.4, 0.5) is 5.69 Å². The fourth-order valence-electron chi connectivity index (χ4n) is 2.66. The van der Waals surface area contributed by atoms with E-state index in [1.165, 1.54) is 0 Å². The molecule has 0 unspecified atom stereocenters. The van der Waals surface area contributed by atoms with Crippen LogP contribution in [0.1, 0.15) is 19.8 Å². The number of halogens is 2. The van der Waals surface area contributed by atoms with Crippen molar-refractivity contribution in [3.8, 4) is 11.5 Å². The predicted octanol–water partition coefficient (Wildman–Crippen LogP) is 4.96. The minimum atomic E-state index is -0.723. The fourth-order valence-corrected chi connectivity index (χ4v) is 3.11. The molecular weight excluding hydrogens is 389 g/mol. The average Bonchev–Trinajstić information content (AvgIpc) is 3.17. The Bertz CT molecular complexity index is 776. The topological polar surface area (TPSA) is 56.8 Å². The number of anilines is 1. The molecule has 1 amide bonds. The maximum Gasteiger partial charge on any atom is 0.265 e. The number of amides is 1. The maximum atomic E-state index is 12.3. The second-order valence-electron chi connectivity index (χ2n) is 6.29. The smallest absolute Gasteiger partial charge is 0.265 e. The lowest BCUT2D eigenvalue weighted by Gasteiger charge is -2.16. The van der Waals surface area contributed by atoms with E-state index in [0.717, 1.165) is 25.2 Å². The zero-order chi connectivity index (χ0) is 19.2. The molecule has 144 valence electrons. The van der Waals surface area contributed by atoms with Crippen molar-refractivity contribution < 1.29 is 19.0 Å². The lowest BCUT2D eigenvalue weighted by Crippen LogP contribution is -2.30. The van der Waals surface area contributed by atoms with Crippen molar-refractivity contribution in [1.82, 2.24) is 0 Å². The summed E-state index contributed by atoms with van der Waals surface area (Å²) in [6.07, 6.45) is 1.56. The molecule has 27 heavy (non-hydrogen) atoms. The van der Waals surface area contributed by atoms with Crippen molar-refractivity contribution >= 4 is 34.8 Å². The van der Waals surface area contributed by atoms with Crippen molar-refractivity contribution in [3.05, 3.63) is 52.5 Å². The third kappa shape index (κ3) is 5.76. The number of hydrogen-bond donors (Lipinski definition) is 1. The summed E-state index contributed by atoms with van der Waals surface area (Å²) >= 11 is 11.9. The van der Waals surface area contributed by atoms with E-state index < -0.39 is 6.10 Å². The van der Waals surface area contributed by atoms with Gasteiger partial charge in [0.2, 0.25) is 0 Å². The molecule has 1 saturated heterocycles. The van der Waals surface area contributed by atoms with E-state index in [1.807, 2.05) is 12.1 Å². The van der Waals surface area contributed by atoms with Crippen LogP contribution in [0.25, 0.3) is 0 Å². The van der Waals surface area contributed by atoms with Gasteiger partial charge in [-0.05, 0) is 62.2 Å². The number of carbonyl (C=O) groups is 1. The number of rotatable bonds is 7. The molecule has 0 aromatic heterocycles. The molecule has 2 aromatic carbocycles. The molecule has 1 aliphatic rings. The van der Waals surface area contributed by atoms with Crippen molar-refractivity contribution in [3.63, 3.8) is 0 Å². The third-order valence-electron chi connectivity index (χ3n) is 4.15. The zero-order valence-electron chi connectivity index (χ0n) is 14.9. The van der Waals surface area contributed by atoms with Gasteiger partial charge in [-0.15, -0.1) is 0 Å². The van der Waals surface area contributed by atoms with Crippen molar-refractivity contribution in [1.29, 1.82) is 0 Å². The monoisotopic (exact) mass is 409 g/mol. The van der Waals surface area contributed by atoms with Gasteiger partial charge in [-0.25, -0.2) is 0 Å². The van der Waals surface area contributed by atoms with E-state index in [0.29, 0.717) is 28.1 Å². The highest BCUT2D eigenvalue weighted by Crippen LogP contribution is 2.28.